The predicted molar refractivity (Wildman–Crippen MR) is 372 cm³/mol. The molecule has 17 nitrogen and oxygen atoms in total. The van der Waals surface area contributed by atoms with E-state index in [1.165, 1.54) is 103 Å². The summed E-state index contributed by atoms with van der Waals surface area (Å²) >= 11 is 0. The lowest BCUT2D eigenvalue weighted by Gasteiger charge is -2.21. The zero-order valence-corrected chi connectivity index (χ0v) is 60.3. The van der Waals surface area contributed by atoms with Gasteiger partial charge in [0.25, 0.3) is 0 Å². The van der Waals surface area contributed by atoms with Crippen molar-refractivity contribution in [3.63, 3.8) is 0 Å². The number of esters is 4. The molecular weight excluding hydrogens is 1210 g/mol. The van der Waals surface area contributed by atoms with Gasteiger partial charge in [0.15, 0.2) is 12.2 Å². The standard InChI is InChI=1S/C73H134O17P2/c1-5-9-13-17-21-25-29-32-33-36-39-42-46-50-54-58-71(76)84-64-69(90-73(78)60-56-52-48-44-40-35-31-27-23-19-15-11-7-3)66-88-92(81,82)86-62-67(74)61-85-91(79,80)87-65-68(89-72(77)59-55-51-47-43-37-28-24-20-16-12-8-4)63-83-70(75)57-53-49-45-41-38-34-30-26-22-18-14-10-6-2/h14,18,20,24,26,30,32-33,67-69,74H,5-13,15-17,19,21-23,25,27-29,31,34-66H2,1-4H3,(H,79,80)(H,81,82)/b18-14-,24-20-,30-26-,33-32-. The van der Waals surface area contributed by atoms with Gasteiger partial charge in [-0.1, -0.05) is 263 Å². The Bertz CT molecular complexity index is 1940. The van der Waals surface area contributed by atoms with Crippen LogP contribution in [0.25, 0.3) is 0 Å². The summed E-state index contributed by atoms with van der Waals surface area (Å²) < 4.78 is 68.3. The Morgan fingerprint density at radius 3 is 0.891 bits per heavy atom. The zero-order chi connectivity index (χ0) is 67.5. The molecule has 0 rings (SSSR count). The third kappa shape index (κ3) is 65.7. The number of unbranched alkanes of at least 4 members (excludes halogenated alkanes) is 36. The molecule has 0 saturated heterocycles. The molecule has 0 amide bonds. The van der Waals surface area contributed by atoms with E-state index in [2.05, 4.69) is 76.3 Å². The molecule has 0 aromatic rings. The van der Waals surface area contributed by atoms with Crippen LogP contribution in [0.15, 0.2) is 48.6 Å². The maximum atomic E-state index is 13.0. The third-order valence-corrected chi connectivity index (χ3v) is 17.6. The van der Waals surface area contributed by atoms with Crippen molar-refractivity contribution in [1.82, 2.24) is 0 Å². The van der Waals surface area contributed by atoms with Crippen LogP contribution < -0.4 is 0 Å². The Hall–Kier alpha value is -2.98. The zero-order valence-electron chi connectivity index (χ0n) is 58.5. The highest BCUT2D eigenvalue weighted by Gasteiger charge is 2.30. The molecule has 538 valence electrons. The Kier molecular flexibility index (Phi) is 64.5. The number of hydrogen-bond donors (Lipinski definition) is 3. The van der Waals surface area contributed by atoms with Crippen molar-refractivity contribution in [2.45, 2.75) is 354 Å². The monoisotopic (exact) mass is 1340 g/mol. The molecule has 5 unspecified atom stereocenters. The highest BCUT2D eigenvalue weighted by atomic mass is 31.2. The van der Waals surface area contributed by atoms with Crippen LogP contribution in [0.1, 0.15) is 336 Å². The van der Waals surface area contributed by atoms with Gasteiger partial charge in [0.2, 0.25) is 0 Å². The van der Waals surface area contributed by atoms with E-state index in [-0.39, 0.29) is 25.7 Å². The number of hydrogen-bond acceptors (Lipinski definition) is 15. The fourth-order valence-corrected chi connectivity index (χ4v) is 11.6. The van der Waals surface area contributed by atoms with Gasteiger partial charge in [0, 0.05) is 25.7 Å². The van der Waals surface area contributed by atoms with E-state index in [0.717, 1.165) is 154 Å². The van der Waals surface area contributed by atoms with Gasteiger partial charge >= 0.3 is 39.5 Å². The van der Waals surface area contributed by atoms with Crippen LogP contribution in [0, 0.1) is 0 Å². The van der Waals surface area contributed by atoms with E-state index in [9.17, 15) is 43.2 Å². The van der Waals surface area contributed by atoms with Crippen LogP contribution in [0.3, 0.4) is 0 Å². The molecule has 92 heavy (non-hydrogen) atoms. The van der Waals surface area contributed by atoms with E-state index >= 15 is 0 Å². The number of aliphatic hydroxyl groups is 1. The smallest absolute Gasteiger partial charge is 0.462 e. The number of carbonyl (C=O) groups excluding carboxylic acids is 4. The fourth-order valence-electron chi connectivity index (χ4n) is 10.1. The van der Waals surface area contributed by atoms with E-state index < -0.39 is 97.5 Å². The van der Waals surface area contributed by atoms with Gasteiger partial charge in [-0.2, -0.15) is 0 Å². The van der Waals surface area contributed by atoms with E-state index in [1.807, 2.05) is 0 Å². The largest absolute Gasteiger partial charge is 0.472 e. The highest BCUT2D eigenvalue weighted by Crippen LogP contribution is 2.45. The van der Waals surface area contributed by atoms with Gasteiger partial charge in [0.1, 0.15) is 19.3 Å². The first-order valence-corrected chi connectivity index (χ1v) is 39.9. The molecule has 0 fully saturated rings. The van der Waals surface area contributed by atoms with Crippen molar-refractivity contribution in [2.24, 2.45) is 0 Å². The summed E-state index contributed by atoms with van der Waals surface area (Å²) in [6, 6.07) is 0. The first kappa shape index (κ1) is 89.0. The maximum absolute atomic E-state index is 13.0. The first-order valence-electron chi connectivity index (χ1n) is 36.9. The number of carbonyl (C=O) groups is 4. The van der Waals surface area contributed by atoms with Crippen molar-refractivity contribution < 1.29 is 80.2 Å². The lowest BCUT2D eigenvalue weighted by atomic mass is 10.0. The van der Waals surface area contributed by atoms with Gasteiger partial charge in [0.05, 0.1) is 26.4 Å². The number of ether oxygens (including phenoxy) is 4. The second-order valence-corrected chi connectivity index (χ2v) is 27.8. The number of phosphoric ester groups is 2. The Labute approximate surface area is 559 Å². The Morgan fingerprint density at radius 2 is 0.565 bits per heavy atom. The minimum Gasteiger partial charge on any atom is -0.462 e. The second-order valence-electron chi connectivity index (χ2n) is 24.9. The van der Waals surface area contributed by atoms with Crippen molar-refractivity contribution in [1.29, 1.82) is 0 Å². The molecule has 0 radical (unpaired) electrons. The van der Waals surface area contributed by atoms with Crippen molar-refractivity contribution in [2.75, 3.05) is 39.6 Å². The quantitative estimate of drug-likeness (QED) is 0.0169. The van der Waals surface area contributed by atoms with Crippen LogP contribution in [0.2, 0.25) is 0 Å². The average molecular weight is 1350 g/mol. The molecule has 3 N–H and O–H groups in total. The first-order chi connectivity index (χ1) is 44.7. The van der Waals surface area contributed by atoms with Crippen molar-refractivity contribution in [3.05, 3.63) is 48.6 Å². The summed E-state index contributed by atoms with van der Waals surface area (Å²) in [5, 5.41) is 10.6. The summed E-state index contributed by atoms with van der Waals surface area (Å²) in [6.07, 6.45) is 61.1. The summed E-state index contributed by atoms with van der Waals surface area (Å²) in [6.45, 7) is 4.77. The Morgan fingerprint density at radius 1 is 0.304 bits per heavy atom. The SMILES string of the molecule is CCC/C=C\C/C=C\CCCCCCCC(=O)OCC(COP(=O)(O)OCC(O)COP(=O)(O)OCC(COC(=O)CCCCCCC/C=C\CCCCCCCC)OC(=O)CCCCCCCCCCCCCCC)OC(=O)CCCCCCC/C=C\CCCC. The van der Waals surface area contributed by atoms with E-state index in [0.29, 0.717) is 25.7 Å². The highest BCUT2D eigenvalue weighted by molar-refractivity contribution is 7.47. The van der Waals surface area contributed by atoms with Gasteiger partial charge in [-0.05, 0) is 96.3 Å². The molecule has 0 aromatic heterocycles. The lowest BCUT2D eigenvalue weighted by molar-refractivity contribution is -0.161. The minimum absolute atomic E-state index is 0.0855. The molecular formula is C73H134O17P2. The Balaban J connectivity index is 5.30. The minimum atomic E-state index is -4.96. The fraction of sp³-hybridized carbons (Fsp3) is 0.836. The van der Waals surface area contributed by atoms with E-state index in [4.69, 9.17) is 37.0 Å². The van der Waals surface area contributed by atoms with Gasteiger partial charge < -0.3 is 33.8 Å². The summed E-state index contributed by atoms with van der Waals surface area (Å²) in [5.74, 6) is -2.18. The van der Waals surface area contributed by atoms with Crippen LogP contribution in [0.5, 0.6) is 0 Å². The average Bonchev–Trinajstić information content (AvgIpc) is 2.25. The van der Waals surface area contributed by atoms with Crippen molar-refractivity contribution in [3.8, 4) is 0 Å². The summed E-state index contributed by atoms with van der Waals surface area (Å²) in [5.41, 5.74) is 0. The van der Waals surface area contributed by atoms with Crippen LogP contribution >= 0.6 is 15.6 Å². The molecule has 0 aromatic carbocycles. The molecule has 0 bridgehead atoms. The molecule has 0 spiro atoms. The van der Waals surface area contributed by atoms with Crippen LogP contribution in [0.4, 0.5) is 0 Å². The molecule has 0 aliphatic heterocycles. The molecule has 0 saturated carbocycles. The van der Waals surface area contributed by atoms with Gasteiger partial charge in [-0.15, -0.1) is 0 Å². The van der Waals surface area contributed by atoms with Crippen molar-refractivity contribution >= 4 is 39.5 Å². The van der Waals surface area contributed by atoms with Crippen LogP contribution in [-0.2, 0) is 65.4 Å². The normalized spacial score (nSPS) is 14.3. The number of rotatable bonds is 70. The molecule has 0 aliphatic carbocycles. The van der Waals surface area contributed by atoms with Gasteiger partial charge in [-0.3, -0.25) is 37.3 Å². The second kappa shape index (κ2) is 66.6. The third-order valence-electron chi connectivity index (χ3n) is 15.7. The van der Waals surface area contributed by atoms with Crippen LogP contribution in [-0.4, -0.2) is 96.7 Å². The molecule has 19 heteroatoms. The topological polar surface area (TPSA) is 237 Å². The molecule has 5 atom stereocenters. The lowest BCUT2D eigenvalue weighted by Crippen LogP contribution is -2.30. The van der Waals surface area contributed by atoms with E-state index in [1.54, 1.807) is 0 Å². The number of aliphatic hydroxyl groups excluding tert-OH is 1. The summed E-state index contributed by atoms with van der Waals surface area (Å²) in [4.78, 5) is 72.6. The molecule has 0 heterocycles. The maximum Gasteiger partial charge on any atom is 0.472 e. The predicted octanol–water partition coefficient (Wildman–Crippen LogP) is 20.6. The van der Waals surface area contributed by atoms with Gasteiger partial charge in [-0.25, -0.2) is 9.13 Å². The number of allylic oxidation sites excluding steroid dienone is 8. The molecule has 0 aliphatic rings. The number of phosphoric acid groups is 2. The summed E-state index contributed by atoms with van der Waals surface area (Å²) in [7, 11) is -9.93.